The molecule has 1 aromatic heterocycles. The van der Waals surface area contributed by atoms with Gasteiger partial charge in [0.1, 0.15) is 11.6 Å². The smallest absolute Gasteiger partial charge is 0.252 e. The fraction of sp³-hybridized carbons (Fsp3) is 0. The Morgan fingerprint density at radius 3 is 1.19 bits per heavy atom. The summed E-state index contributed by atoms with van der Waals surface area (Å²) in [5, 5.41) is 2.06. The van der Waals surface area contributed by atoms with Crippen molar-refractivity contribution in [2.75, 3.05) is 9.80 Å². The van der Waals surface area contributed by atoms with Gasteiger partial charge in [-0.3, -0.25) is 0 Å². The Balaban J connectivity index is 0.971. The first-order valence-corrected chi connectivity index (χ1v) is 28.6. The van der Waals surface area contributed by atoms with Crippen LogP contribution >= 0.6 is 0 Å². The minimum absolute atomic E-state index is 0.0498. The second-order valence-corrected chi connectivity index (χ2v) is 21.8. The molecule has 3 nitrogen and oxygen atoms in total. The first-order chi connectivity index (χ1) is 41.5. The van der Waals surface area contributed by atoms with E-state index in [1.165, 1.54) is 34.6 Å². The van der Waals surface area contributed by atoms with Crippen molar-refractivity contribution in [2.45, 2.75) is 0 Å². The molecule has 13 aromatic carbocycles. The molecule has 0 aliphatic carbocycles. The Bertz CT molecular complexity index is 4630. The van der Waals surface area contributed by atoms with E-state index in [0.29, 0.717) is 11.3 Å². The van der Waals surface area contributed by atoms with E-state index in [1.54, 1.807) is 6.07 Å². The maximum absolute atomic E-state index is 15.8. The fourth-order valence-electron chi connectivity index (χ4n) is 13.3. The monoisotopic (exact) mass is 1080 g/mol. The zero-order valence-corrected chi connectivity index (χ0v) is 45.5. The van der Waals surface area contributed by atoms with Gasteiger partial charge in [-0.25, -0.2) is 8.78 Å². The second kappa shape index (κ2) is 20.0. The molecule has 84 heavy (non-hydrogen) atoms. The van der Waals surface area contributed by atoms with Crippen LogP contribution in [-0.2, 0) is 0 Å². The normalized spacial score (nSPS) is 12.3. The van der Waals surface area contributed by atoms with Gasteiger partial charge in [0.15, 0.2) is 0 Å². The molecule has 3 heterocycles. The molecule has 0 saturated carbocycles. The van der Waals surface area contributed by atoms with Crippen LogP contribution in [0.15, 0.2) is 303 Å². The largest absolute Gasteiger partial charge is 0.311 e. The maximum atomic E-state index is 15.8. The minimum atomic E-state index is -0.606. The van der Waals surface area contributed by atoms with Gasteiger partial charge < -0.3 is 14.4 Å². The molecule has 0 amide bonds. The number of rotatable bonds is 9. The van der Waals surface area contributed by atoms with E-state index in [1.807, 2.05) is 24.3 Å². The highest BCUT2D eigenvalue weighted by molar-refractivity contribution is 7.00. The van der Waals surface area contributed by atoms with Crippen LogP contribution in [0.2, 0.25) is 0 Å². The van der Waals surface area contributed by atoms with Gasteiger partial charge in [0.2, 0.25) is 0 Å². The molecular formula is C78H50BF2N3. The molecule has 0 spiro atoms. The van der Waals surface area contributed by atoms with Gasteiger partial charge >= 0.3 is 0 Å². The van der Waals surface area contributed by atoms with Crippen LogP contribution in [0.3, 0.4) is 0 Å². The third-order valence-corrected chi connectivity index (χ3v) is 17.1. The molecule has 14 aromatic rings. The molecule has 0 radical (unpaired) electrons. The van der Waals surface area contributed by atoms with Crippen molar-refractivity contribution in [2.24, 2.45) is 0 Å². The van der Waals surface area contributed by atoms with Crippen LogP contribution in [0.5, 0.6) is 0 Å². The Morgan fingerprint density at radius 2 is 0.667 bits per heavy atom. The first-order valence-electron chi connectivity index (χ1n) is 28.6. The minimum Gasteiger partial charge on any atom is -0.311 e. The third-order valence-electron chi connectivity index (χ3n) is 17.1. The standard InChI is InChI=1S/C78H50BF2N3/c80-68-28-17-29-69(81)77(68)64-27-14-16-31-71(64)84-70-30-15-13-26-63(70)65-46-57(36-43-72(65)84)60-49-75-78-76(50-60)83(62-41-34-56(35-42-62)52-20-7-2-8-21-52)74-45-38-59(54-24-11-4-12-25-54)48-67(74)79(78)66-47-58(53-22-9-3-10-23-53)37-44-73(66)82(75)61-39-32-55(33-40-61)51-18-5-1-6-19-51/h1-50H. The summed E-state index contributed by atoms with van der Waals surface area (Å²) < 4.78 is 33.7. The van der Waals surface area contributed by atoms with Gasteiger partial charge in [0.25, 0.3) is 6.71 Å². The van der Waals surface area contributed by atoms with Crippen LogP contribution in [-0.4, -0.2) is 11.3 Å². The number of fused-ring (bicyclic) bond motifs is 7. The summed E-state index contributed by atoms with van der Waals surface area (Å²) in [6, 6.07) is 106. The third kappa shape index (κ3) is 8.09. The molecule has 0 unspecified atom stereocenters. The summed E-state index contributed by atoms with van der Waals surface area (Å²) in [5.41, 5.74) is 24.5. The van der Waals surface area contributed by atoms with Gasteiger partial charge in [0.05, 0.1) is 22.3 Å². The summed E-state index contributed by atoms with van der Waals surface area (Å²) in [5.74, 6) is -1.21. The van der Waals surface area contributed by atoms with Crippen LogP contribution < -0.4 is 26.2 Å². The van der Waals surface area contributed by atoms with E-state index >= 15 is 8.78 Å². The van der Waals surface area contributed by atoms with E-state index in [4.69, 9.17) is 0 Å². The van der Waals surface area contributed by atoms with Crippen LogP contribution in [0.4, 0.5) is 42.9 Å². The van der Waals surface area contributed by atoms with Crippen molar-refractivity contribution in [1.82, 2.24) is 4.57 Å². The molecule has 2 aliphatic heterocycles. The van der Waals surface area contributed by atoms with Crippen molar-refractivity contribution in [1.29, 1.82) is 0 Å². The molecule has 16 rings (SSSR count). The SMILES string of the molecule is Fc1cccc(F)c1-c1ccccc1-n1c2ccccc2c2cc(-c3cc4c5c(c3)N(c3ccc(-c6ccccc6)cc3)c3ccc(-c6ccccc6)cc3B5c3cc(-c5ccccc5)ccc3N4c3ccc(-c4ccccc4)cc3)ccc21. The number of para-hydroxylation sites is 2. The summed E-state index contributed by atoms with van der Waals surface area (Å²) in [6.07, 6.45) is 0. The van der Waals surface area contributed by atoms with Gasteiger partial charge in [-0.1, -0.05) is 218 Å². The lowest BCUT2D eigenvalue weighted by Crippen LogP contribution is -2.61. The zero-order valence-electron chi connectivity index (χ0n) is 45.5. The summed E-state index contributed by atoms with van der Waals surface area (Å²) >= 11 is 0. The van der Waals surface area contributed by atoms with Crippen molar-refractivity contribution in [3.63, 3.8) is 0 Å². The first kappa shape index (κ1) is 49.0. The number of hydrogen-bond donors (Lipinski definition) is 0. The molecule has 6 heteroatoms. The van der Waals surface area contributed by atoms with Crippen molar-refractivity contribution in [3.05, 3.63) is 315 Å². The molecule has 394 valence electrons. The average molecular weight is 1080 g/mol. The van der Waals surface area contributed by atoms with Crippen LogP contribution in [0.25, 0.3) is 94.3 Å². The van der Waals surface area contributed by atoms with Gasteiger partial charge in [-0.2, -0.15) is 0 Å². The Morgan fingerprint density at radius 1 is 0.262 bits per heavy atom. The molecule has 0 bridgehead atoms. The summed E-state index contributed by atoms with van der Waals surface area (Å²) in [6.45, 7) is -0.166. The quantitative estimate of drug-likeness (QED) is 0.134. The zero-order chi connectivity index (χ0) is 55.8. The molecule has 2 aliphatic rings. The highest BCUT2D eigenvalue weighted by atomic mass is 19.1. The van der Waals surface area contributed by atoms with E-state index in [0.717, 1.165) is 112 Å². The summed E-state index contributed by atoms with van der Waals surface area (Å²) in [7, 11) is 0. The molecule has 0 fully saturated rings. The number of aromatic nitrogens is 1. The van der Waals surface area contributed by atoms with Gasteiger partial charge in [-0.05, 0) is 157 Å². The Hall–Kier alpha value is -10.8. The molecule has 0 N–H and O–H groups in total. The number of anilines is 6. The van der Waals surface area contributed by atoms with E-state index in [-0.39, 0.29) is 12.3 Å². The number of halogens is 2. The lowest BCUT2D eigenvalue weighted by molar-refractivity contribution is 0.589. The van der Waals surface area contributed by atoms with Crippen LogP contribution in [0, 0.1) is 11.6 Å². The van der Waals surface area contributed by atoms with Gasteiger partial charge in [-0.15, -0.1) is 0 Å². The molecule has 0 atom stereocenters. The van der Waals surface area contributed by atoms with Crippen molar-refractivity contribution in [3.8, 4) is 72.4 Å². The fourth-order valence-corrected chi connectivity index (χ4v) is 13.3. The van der Waals surface area contributed by atoms with Crippen LogP contribution in [0.1, 0.15) is 0 Å². The highest BCUT2D eigenvalue weighted by Gasteiger charge is 2.44. The number of benzene rings is 13. The van der Waals surface area contributed by atoms with E-state index < -0.39 is 11.6 Å². The maximum Gasteiger partial charge on any atom is 0.252 e. The van der Waals surface area contributed by atoms with Gasteiger partial charge in [0, 0.05) is 50.5 Å². The molecule has 0 saturated heterocycles. The van der Waals surface area contributed by atoms with Crippen molar-refractivity contribution >= 4 is 79.0 Å². The Labute approximate surface area is 487 Å². The van der Waals surface area contributed by atoms with Crippen molar-refractivity contribution < 1.29 is 8.78 Å². The predicted octanol–water partition coefficient (Wildman–Crippen LogP) is 19.1. The average Bonchev–Trinajstić information content (AvgIpc) is 1.06. The van der Waals surface area contributed by atoms with E-state index in [9.17, 15) is 0 Å². The lowest BCUT2D eigenvalue weighted by atomic mass is 9.33. The second-order valence-electron chi connectivity index (χ2n) is 21.8. The number of nitrogens with zero attached hydrogens (tertiary/aromatic N) is 3. The lowest BCUT2D eigenvalue weighted by Gasteiger charge is -2.44. The van der Waals surface area contributed by atoms with E-state index in [2.05, 4.69) is 269 Å². The molecular weight excluding hydrogens is 1030 g/mol. The summed E-state index contributed by atoms with van der Waals surface area (Å²) in [4.78, 5) is 4.98. The Kier molecular flexibility index (Phi) is 11.7. The number of hydrogen-bond acceptors (Lipinski definition) is 2. The topological polar surface area (TPSA) is 11.4 Å². The predicted molar refractivity (Wildman–Crippen MR) is 347 cm³/mol. The highest BCUT2D eigenvalue weighted by Crippen LogP contribution is 2.48.